The zero-order valence-corrected chi connectivity index (χ0v) is 12.1. The standard InChI is InChI=1S/C16H16ClNO3/c17-8-13(19)9-18-12-5-6-14-11(7-12)10-20-15-3-1-2-4-16(15)21-14/h1-7,13,18-19H,8-10H2. The van der Waals surface area contributed by atoms with Crippen LogP contribution in [0.1, 0.15) is 5.56 Å². The molecule has 5 heteroatoms. The third-order valence-electron chi connectivity index (χ3n) is 3.23. The Morgan fingerprint density at radius 1 is 1.14 bits per heavy atom. The largest absolute Gasteiger partial charge is 0.485 e. The molecule has 1 atom stereocenters. The smallest absolute Gasteiger partial charge is 0.169 e. The van der Waals surface area contributed by atoms with E-state index < -0.39 is 6.10 Å². The lowest BCUT2D eigenvalue weighted by atomic mass is 10.2. The van der Waals surface area contributed by atoms with E-state index in [2.05, 4.69) is 5.32 Å². The van der Waals surface area contributed by atoms with Crippen LogP contribution in [0.3, 0.4) is 0 Å². The second-order valence-corrected chi connectivity index (χ2v) is 5.16. The van der Waals surface area contributed by atoms with Gasteiger partial charge in [-0.25, -0.2) is 0 Å². The lowest BCUT2D eigenvalue weighted by molar-refractivity contribution is 0.211. The quantitative estimate of drug-likeness (QED) is 0.850. The molecule has 3 rings (SSSR count). The number of hydrogen-bond acceptors (Lipinski definition) is 4. The second-order valence-electron chi connectivity index (χ2n) is 4.85. The van der Waals surface area contributed by atoms with Crippen molar-refractivity contribution in [1.82, 2.24) is 0 Å². The number of ether oxygens (including phenoxy) is 2. The van der Waals surface area contributed by atoms with Crippen LogP contribution in [0.2, 0.25) is 0 Å². The summed E-state index contributed by atoms with van der Waals surface area (Å²) in [7, 11) is 0. The molecule has 0 saturated heterocycles. The van der Waals surface area contributed by atoms with Gasteiger partial charge in [-0.05, 0) is 30.3 Å². The lowest BCUT2D eigenvalue weighted by Crippen LogP contribution is -2.20. The predicted molar refractivity (Wildman–Crippen MR) is 82.5 cm³/mol. The molecule has 2 aromatic carbocycles. The second kappa shape index (κ2) is 6.24. The van der Waals surface area contributed by atoms with Gasteiger partial charge in [0.2, 0.25) is 0 Å². The van der Waals surface area contributed by atoms with Crippen LogP contribution in [0.5, 0.6) is 17.2 Å². The van der Waals surface area contributed by atoms with Crippen LogP contribution in [-0.4, -0.2) is 23.6 Å². The van der Waals surface area contributed by atoms with Crippen LogP contribution in [-0.2, 0) is 6.61 Å². The van der Waals surface area contributed by atoms with Gasteiger partial charge in [0.1, 0.15) is 12.4 Å². The van der Waals surface area contributed by atoms with Crippen molar-refractivity contribution >= 4 is 17.3 Å². The maximum atomic E-state index is 9.48. The third-order valence-corrected chi connectivity index (χ3v) is 3.59. The van der Waals surface area contributed by atoms with Gasteiger partial charge in [-0.15, -0.1) is 11.6 Å². The number of halogens is 1. The van der Waals surface area contributed by atoms with Crippen LogP contribution in [0, 0.1) is 0 Å². The first kappa shape index (κ1) is 14.0. The van der Waals surface area contributed by atoms with E-state index >= 15 is 0 Å². The van der Waals surface area contributed by atoms with Gasteiger partial charge in [-0.3, -0.25) is 0 Å². The highest BCUT2D eigenvalue weighted by Crippen LogP contribution is 2.37. The van der Waals surface area contributed by atoms with Crippen molar-refractivity contribution in [2.75, 3.05) is 17.7 Å². The summed E-state index contributed by atoms with van der Waals surface area (Å²) in [6.07, 6.45) is -0.567. The Labute approximate surface area is 128 Å². The maximum Gasteiger partial charge on any atom is 0.169 e. The number of anilines is 1. The number of para-hydroxylation sites is 2. The molecule has 1 unspecified atom stereocenters. The Bertz CT molecular complexity index is 633. The van der Waals surface area contributed by atoms with E-state index in [0.29, 0.717) is 13.2 Å². The van der Waals surface area contributed by atoms with Crippen molar-refractivity contribution in [1.29, 1.82) is 0 Å². The minimum atomic E-state index is -0.567. The zero-order valence-electron chi connectivity index (χ0n) is 11.4. The van der Waals surface area contributed by atoms with Crippen LogP contribution < -0.4 is 14.8 Å². The summed E-state index contributed by atoms with van der Waals surface area (Å²) < 4.78 is 11.6. The van der Waals surface area contributed by atoms with E-state index in [9.17, 15) is 5.11 Å². The Balaban J connectivity index is 1.78. The summed E-state index contributed by atoms with van der Waals surface area (Å²) in [4.78, 5) is 0. The number of rotatable bonds is 4. The summed E-state index contributed by atoms with van der Waals surface area (Å²) in [6, 6.07) is 13.4. The monoisotopic (exact) mass is 305 g/mol. The molecule has 0 radical (unpaired) electrons. The van der Waals surface area contributed by atoms with Gasteiger partial charge in [-0.2, -0.15) is 0 Å². The first-order valence-corrected chi connectivity index (χ1v) is 7.30. The van der Waals surface area contributed by atoms with Crippen molar-refractivity contribution in [2.45, 2.75) is 12.7 Å². The molecular formula is C16H16ClNO3. The van der Waals surface area contributed by atoms with Crippen molar-refractivity contribution in [3.63, 3.8) is 0 Å². The van der Waals surface area contributed by atoms with Gasteiger partial charge >= 0.3 is 0 Å². The highest BCUT2D eigenvalue weighted by Gasteiger charge is 2.15. The highest BCUT2D eigenvalue weighted by atomic mass is 35.5. The number of hydrogen-bond donors (Lipinski definition) is 2. The maximum absolute atomic E-state index is 9.48. The number of fused-ring (bicyclic) bond motifs is 2. The normalized spacial score (nSPS) is 14.0. The van der Waals surface area contributed by atoms with E-state index in [1.54, 1.807) is 0 Å². The minimum Gasteiger partial charge on any atom is -0.485 e. The first-order chi connectivity index (χ1) is 10.3. The molecule has 110 valence electrons. The van der Waals surface area contributed by atoms with Gasteiger partial charge < -0.3 is 19.9 Å². The van der Waals surface area contributed by atoms with E-state index in [4.69, 9.17) is 21.1 Å². The van der Waals surface area contributed by atoms with Gasteiger partial charge in [-0.1, -0.05) is 12.1 Å². The molecule has 4 nitrogen and oxygen atoms in total. The van der Waals surface area contributed by atoms with Crippen molar-refractivity contribution < 1.29 is 14.6 Å². The molecule has 0 spiro atoms. The molecule has 0 aliphatic carbocycles. The fourth-order valence-corrected chi connectivity index (χ4v) is 2.23. The number of nitrogens with one attached hydrogen (secondary N) is 1. The molecule has 1 aliphatic rings. The minimum absolute atomic E-state index is 0.208. The summed E-state index contributed by atoms with van der Waals surface area (Å²) in [6.45, 7) is 0.851. The van der Waals surface area contributed by atoms with E-state index in [0.717, 1.165) is 28.5 Å². The topological polar surface area (TPSA) is 50.7 Å². The summed E-state index contributed by atoms with van der Waals surface area (Å²) in [5.41, 5.74) is 1.85. The molecule has 2 aromatic rings. The first-order valence-electron chi connectivity index (χ1n) is 6.77. The Kier molecular flexibility index (Phi) is 4.18. The van der Waals surface area contributed by atoms with E-state index in [1.807, 2.05) is 42.5 Å². The van der Waals surface area contributed by atoms with Crippen molar-refractivity contribution in [2.24, 2.45) is 0 Å². The van der Waals surface area contributed by atoms with Crippen LogP contribution >= 0.6 is 11.6 Å². The van der Waals surface area contributed by atoms with Gasteiger partial charge in [0, 0.05) is 17.8 Å². The molecule has 1 aliphatic heterocycles. The number of aliphatic hydroxyl groups is 1. The average Bonchev–Trinajstić information content (AvgIpc) is 2.71. The molecule has 0 amide bonds. The fraction of sp³-hybridized carbons (Fsp3) is 0.250. The Morgan fingerprint density at radius 2 is 1.95 bits per heavy atom. The SMILES string of the molecule is OC(CCl)CNc1ccc2c(c1)COc1ccccc1O2. The molecular weight excluding hydrogens is 290 g/mol. The van der Waals surface area contributed by atoms with E-state index in [1.165, 1.54) is 0 Å². The third kappa shape index (κ3) is 3.23. The molecule has 0 aromatic heterocycles. The molecule has 0 fully saturated rings. The zero-order chi connectivity index (χ0) is 14.7. The lowest BCUT2D eigenvalue weighted by Gasteiger charge is -2.12. The molecule has 0 bridgehead atoms. The number of alkyl halides is 1. The van der Waals surface area contributed by atoms with Gasteiger partial charge in [0.05, 0.1) is 12.0 Å². The Morgan fingerprint density at radius 3 is 2.76 bits per heavy atom. The molecule has 0 saturated carbocycles. The number of aliphatic hydroxyl groups excluding tert-OH is 1. The molecule has 1 heterocycles. The summed E-state index contributed by atoms with van der Waals surface area (Å²) in [5, 5.41) is 12.6. The van der Waals surface area contributed by atoms with Crippen molar-refractivity contribution in [3.05, 3.63) is 48.0 Å². The Hall–Kier alpha value is -1.91. The number of benzene rings is 2. The molecule has 2 N–H and O–H groups in total. The van der Waals surface area contributed by atoms with Gasteiger partial charge in [0.15, 0.2) is 11.5 Å². The van der Waals surface area contributed by atoms with Crippen molar-refractivity contribution in [3.8, 4) is 17.2 Å². The van der Waals surface area contributed by atoms with Crippen LogP contribution in [0.4, 0.5) is 5.69 Å². The summed E-state index contributed by atoms with van der Waals surface area (Å²) in [5.74, 6) is 2.44. The summed E-state index contributed by atoms with van der Waals surface area (Å²) >= 11 is 5.58. The highest BCUT2D eigenvalue weighted by molar-refractivity contribution is 6.18. The fourth-order valence-electron chi connectivity index (χ4n) is 2.12. The molecule has 21 heavy (non-hydrogen) atoms. The van der Waals surface area contributed by atoms with Crippen LogP contribution in [0.15, 0.2) is 42.5 Å². The average molecular weight is 306 g/mol. The predicted octanol–water partition coefficient (Wildman–Crippen LogP) is 3.38. The van der Waals surface area contributed by atoms with Crippen LogP contribution in [0.25, 0.3) is 0 Å². The van der Waals surface area contributed by atoms with Gasteiger partial charge in [0.25, 0.3) is 0 Å². The van der Waals surface area contributed by atoms with E-state index in [-0.39, 0.29) is 5.88 Å².